The van der Waals surface area contributed by atoms with Crippen molar-refractivity contribution in [1.29, 1.82) is 0 Å². The van der Waals surface area contributed by atoms with Gasteiger partial charge in [-0.15, -0.1) is 0 Å². The summed E-state index contributed by atoms with van der Waals surface area (Å²) in [5, 5.41) is 3.21. The first-order chi connectivity index (χ1) is 14.3. The van der Waals surface area contributed by atoms with Crippen LogP contribution in [-0.4, -0.2) is 18.0 Å². The molecule has 1 aromatic heterocycles. The van der Waals surface area contributed by atoms with E-state index >= 15 is 0 Å². The topological polar surface area (TPSA) is 85.6 Å². The van der Waals surface area contributed by atoms with Crippen LogP contribution in [0.3, 0.4) is 0 Å². The van der Waals surface area contributed by atoms with Crippen LogP contribution in [0.1, 0.15) is 54.8 Å². The van der Waals surface area contributed by atoms with Crippen molar-refractivity contribution in [1.82, 2.24) is 0 Å². The number of aryl methyl sites for hydroxylation is 1. The van der Waals surface area contributed by atoms with Gasteiger partial charge in [0.1, 0.15) is 5.58 Å². The van der Waals surface area contributed by atoms with Crippen LogP contribution in [0, 0.1) is 6.92 Å². The highest BCUT2D eigenvalue weighted by molar-refractivity contribution is 5.97. The number of hydrogen-bond donors (Lipinski definition) is 1. The zero-order valence-corrected chi connectivity index (χ0v) is 17.5. The maximum Gasteiger partial charge on any atom is 0.375 e. The summed E-state index contributed by atoms with van der Waals surface area (Å²) in [6.07, 6.45) is -0.140. The number of amides is 1. The lowest BCUT2D eigenvalue weighted by Gasteiger charge is -2.18. The second-order valence-corrected chi connectivity index (χ2v) is 7.41. The van der Waals surface area contributed by atoms with Crippen molar-refractivity contribution in [3.8, 4) is 0 Å². The van der Waals surface area contributed by atoms with Crippen LogP contribution in [0.5, 0.6) is 0 Å². The molecular weight excluding hydrogens is 382 g/mol. The van der Waals surface area contributed by atoms with E-state index in [4.69, 9.17) is 9.15 Å². The maximum atomic E-state index is 12.6. The molecule has 0 unspecified atom stereocenters. The predicted octanol–water partition coefficient (Wildman–Crippen LogP) is 4.80. The highest BCUT2D eigenvalue weighted by Crippen LogP contribution is 2.26. The summed E-state index contributed by atoms with van der Waals surface area (Å²) in [5.74, 6) is -1.30. The fourth-order valence-electron chi connectivity index (χ4n) is 3.14. The first-order valence-corrected chi connectivity index (χ1v) is 9.95. The molecule has 0 bridgehead atoms. The zero-order valence-electron chi connectivity index (χ0n) is 17.5. The molecule has 6 heteroatoms. The van der Waals surface area contributed by atoms with Crippen LogP contribution >= 0.6 is 0 Å². The van der Waals surface area contributed by atoms with E-state index in [1.165, 1.54) is 6.92 Å². The fourth-order valence-corrected chi connectivity index (χ4v) is 3.14. The summed E-state index contributed by atoms with van der Waals surface area (Å²) in [4.78, 5) is 37.3. The average Bonchev–Trinajstić information content (AvgIpc) is 2.73. The molecule has 1 heterocycles. The van der Waals surface area contributed by atoms with Crippen LogP contribution in [0.4, 0.5) is 5.69 Å². The first kappa shape index (κ1) is 21.3. The third-order valence-electron chi connectivity index (χ3n) is 5.10. The summed E-state index contributed by atoms with van der Waals surface area (Å²) in [7, 11) is 0. The lowest BCUT2D eigenvalue weighted by atomic mass is 9.97. The highest BCUT2D eigenvalue weighted by Gasteiger charge is 2.22. The van der Waals surface area contributed by atoms with Gasteiger partial charge < -0.3 is 14.5 Å². The van der Waals surface area contributed by atoms with Crippen LogP contribution < -0.4 is 10.7 Å². The molecule has 0 saturated carbocycles. The molecule has 3 aromatic rings. The van der Waals surface area contributed by atoms with Gasteiger partial charge in [0.05, 0.1) is 5.39 Å². The monoisotopic (exact) mass is 407 g/mol. The lowest BCUT2D eigenvalue weighted by Crippen LogP contribution is -2.30. The Morgan fingerprint density at radius 2 is 1.83 bits per heavy atom. The second kappa shape index (κ2) is 8.95. The Balaban J connectivity index is 1.75. The lowest BCUT2D eigenvalue weighted by molar-refractivity contribution is -0.123. The number of hydrogen-bond acceptors (Lipinski definition) is 5. The number of fused-ring (bicyclic) bond motifs is 1. The minimum absolute atomic E-state index is 0.240. The molecule has 0 fully saturated rings. The number of esters is 1. The van der Waals surface area contributed by atoms with Gasteiger partial charge in [0, 0.05) is 11.8 Å². The molecule has 0 radical (unpaired) electrons. The normalized spacial score (nSPS) is 12.9. The summed E-state index contributed by atoms with van der Waals surface area (Å²) in [6, 6.07) is 13.7. The number of para-hydroxylation sites is 1. The maximum absolute atomic E-state index is 12.6. The molecule has 0 aliphatic rings. The SMILES string of the molecule is CC[C@H](C)c1ccccc1NC(=O)[C@H](C)OC(=O)c1cc(=O)c2cc(C)ccc2o1. The standard InChI is InChI=1S/C24H25NO5/c1-5-15(3)17-8-6-7-9-19(17)25-23(27)16(4)29-24(28)22-13-20(26)18-12-14(2)10-11-21(18)30-22/h6-13,15-16H,5H2,1-4H3,(H,25,27)/t15-,16-/m0/s1. The fraction of sp³-hybridized carbons (Fsp3) is 0.292. The van der Waals surface area contributed by atoms with Gasteiger partial charge in [0.15, 0.2) is 11.5 Å². The third kappa shape index (κ3) is 4.59. The number of ether oxygens (including phenoxy) is 1. The molecule has 3 rings (SSSR count). The number of carbonyl (C=O) groups excluding carboxylic acids is 2. The minimum atomic E-state index is -1.07. The van der Waals surface area contributed by atoms with Crippen molar-refractivity contribution in [2.75, 3.05) is 5.32 Å². The van der Waals surface area contributed by atoms with E-state index in [0.29, 0.717) is 16.7 Å². The van der Waals surface area contributed by atoms with Crippen molar-refractivity contribution in [2.24, 2.45) is 0 Å². The average molecular weight is 407 g/mol. The van der Waals surface area contributed by atoms with Crippen LogP contribution in [-0.2, 0) is 9.53 Å². The van der Waals surface area contributed by atoms with E-state index in [2.05, 4.69) is 19.2 Å². The highest BCUT2D eigenvalue weighted by atomic mass is 16.6. The molecule has 2 atom stereocenters. The van der Waals surface area contributed by atoms with Gasteiger partial charge in [-0.3, -0.25) is 9.59 Å². The van der Waals surface area contributed by atoms with E-state index in [-0.39, 0.29) is 17.1 Å². The molecule has 0 spiro atoms. The van der Waals surface area contributed by atoms with Gasteiger partial charge in [-0.05, 0) is 49.9 Å². The Kier molecular flexibility index (Phi) is 6.35. The number of nitrogens with one attached hydrogen (secondary N) is 1. The van der Waals surface area contributed by atoms with Gasteiger partial charge >= 0.3 is 5.97 Å². The van der Waals surface area contributed by atoms with Crippen LogP contribution in [0.25, 0.3) is 11.0 Å². The number of anilines is 1. The Morgan fingerprint density at radius 3 is 2.57 bits per heavy atom. The van der Waals surface area contributed by atoms with Crippen LogP contribution in [0.15, 0.2) is 57.7 Å². The van der Waals surface area contributed by atoms with E-state index in [9.17, 15) is 14.4 Å². The Hall–Kier alpha value is -3.41. The van der Waals surface area contributed by atoms with E-state index in [0.717, 1.165) is 23.6 Å². The summed E-state index contributed by atoms with van der Waals surface area (Å²) in [6.45, 7) is 7.49. The Labute approximate surface area is 174 Å². The number of carbonyl (C=O) groups is 2. The number of rotatable bonds is 6. The molecular formula is C24H25NO5. The minimum Gasteiger partial charge on any atom is -0.449 e. The van der Waals surface area contributed by atoms with Crippen molar-refractivity contribution in [2.45, 2.75) is 46.1 Å². The largest absolute Gasteiger partial charge is 0.449 e. The Bertz CT molecular complexity index is 1150. The third-order valence-corrected chi connectivity index (χ3v) is 5.10. The molecule has 6 nitrogen and oxygen atoms in total. The molecule has 2 aromatic carbocycles. The van der Waals surface area contributed by atoms with Gasteiger partial charge in [-0.1, -0.05) is 43.7 Å². The number of benzene rings is 2. The second-order valence-electron chi connectivity index (χ2n) is 7.41. The summed E-state index contributed by atoms with van der Waals surface area (Å²) < 4.78 is 10.8. The van der Waals surface area contributed by atoms with E-state index < -0.39 is 18.0 Å². The first-order valence-electron chi connectivity index (χ1n) is 9.95. The predicted molar refractivity (Wildman–Crippen MR) is 116 cm³/mol. The molecule has 30 heavy (non-hydrogen) atoms. The van der Waals surface area contributed by atoms with Crippen molar-refractivity contribution < 1.29 is 18.7 Å². The smallest absolute Gasteiger partial charge is 0.375 e. The van der Waals surface area contributed by atoms with Gasteiger partial charge in [-0.25, -0.2) is 4.79 Å². The van der Waals surface area contributed by atoms with Crippen molar-refractivity contribution >= 4 is 28.5 Å². The van der Waals surface area contributed by atoms with Crippen LogP contribution in [0.2, 0.25) is 0 Å². The van der Waals surface area contributed by atoms with Gasteiger partial charge in [-0.2, -0.15) is 0 Å². The molecule has 156 valence electrons. The summed E-state index contributed by atoms with van der Waals surface area (Å²) >= 11 is 0. The molecule has 0 saturated heterocycles. The van der Waals surface area contributed by atoms with E-state index in [1.54, 1.807) is 18.2 Å². The van der Waals surface area contributed by atoms with Crippen molar-refractivity contribution in [3.63, 3.8) is 0 Å². The molecule has 0 aliphatic carbocycles. The summed E-state index contributed by atoms with van der Waals surface area (Å²) in [5.41, 5.74) is 2.56. The quantitative estimate of drug-likeness (QED) is 0.593. The zero-order chi connectivity index (χ0) is 21.8. The molecule has 0 aliphatic heterocycles. The van der Waals surface area contributed by atoms with E-state index in [1.807, 2.05) is 31.2 Å². The van der Waals surface area contributed by atoms with Crippen molar-refractivity contribution in [3.05, 3.63) is 75.6 Å². The molecule has 1 N–H and O–H groups in total. The Morgan fingerprint density at radius 1 is 1.10 bits per heavy atom. The van der Waals surface area contributed by atoms with Gasteiger partial charge in [0.25, 0.3) is 5.91 Å². The molecule has 1 amide bonds. The van der Waals surface area contributed by atoms with Gasteiger partial charge in [0.2, 0.25) is 5.76 Å².